The summed E-state index contributed by atoms with van der Waals surface area (Å²) in [5.41, 5.74) is 0.872. The molecule has 0 amide bonds. The van der Waals surface area contributed by atoms with E-state index in [1.807, 2.05) is 17.8 Å². The van der Waals surface area contributed by atoms with Crippen molar-refractivity contribution in [3.63, 3.8) is 0 Å². The molecule has 0 atom stereocenters. The molecule has 2 heterocycles. The van der Waals surface area contributed by atoms with Crippen molar-refractivity contribution >= 4 is 0 Å². The lowest BCUT2D eigenvalue weighted by molar-refractivity contribution is 0.640. The standard InChI is InChI=1S/C9H13N5O/c1-3-13-5-8(4-10-13)6-14-9(15)12(2)7-11-14/h4-5,7H,3,6H2,1-2H3. The summed E-state index contributed by atoms with van der Waals surface area (Å²) in [4.78, 5) is 11.5. The summed E-state index contributed by atoms with van der Waals surface area (Å²) in [7, 11) is 1.68. The predicted molar refractivity (Wildman–Crippen MR) is 54.5 cm³/mol. The molecule has 2 aromatic rings. The van der Waals surface area contributed by atoms with Crippen LogP contribution >= 0.6 is 0 Å². The summed E-state index contributed by atoms with van der Waals surface area (Å²) < 4.78 is 4.69. The molecule has 0 fully saturated rings. The molecule has 0 saturated carbocycles. The number of rotatable bonds is 3. The average Bonchev–Trinajstić information content (AvgIpc) is 2.80. The maximum atomic E-state index is 11.5. The molecule has 6 nitrogen and oxygen atoms in total. The quantitative estimate of drug-likeness (QED) is 0.703. The second-order valence-corrected chi connectivity index (χ2v) is 3.39. The first-order valence-electron chi connectivity index (χ1n) is 4.80. The van der Waals surface area contributed by atoms with Gasteiger partial charge in [0, 0.05) is 25.4 Å². The molecule has 80 valence electrons. The van der Waals surface area contributed by atoms with E-state index in [4.69, 9.17) is 0 Å². The van der Waals surface area contributed by atoms with Gasteiger partial charge in [-0.1, -0.05) is 0 Å². The minimum atomic E-state index is -0.112. The highest BCUT2D eigenvalue weighted by Gasteiger charge is 2.03. The van der Waals surface area contributed by atoms with Gasteiger partial charge in [-0.3, -0.25) is 9.25 Å². The van der Waals surface area contributed by atoms with Gasteiger partial charge in [0.25, 0.3) is 0 Å². The van der Waals surface area contributed by atoms with Crippen molar-refractivity contribution in [1.82, 2.24) is 24.1 Å². The molecule has 0 bridgehead atoms. The molecule has 6 heteroatoms. The Bertz CT molecular complexity index is 507. The fourth-order valence-electron chi connectivity index (χ4n) is 1.36. The van der Waals surface area contributed by atoms with Crippen molar-refractivity contribution in [2.45, 2.75) is 20.0 Å². The van der Waals surface area contributed by atoms with E-state index < -0.39 is 0 Å². The Morgan fingerprint density at radius 3 is 2.73 bits per heavy atom. The Labute approximate surface area is 86.8 Å². The summed E-state index contributed by atoms with van der Waals surface area (Å²) in [5, 5.41) is 8.11. The molecule has 0 saturated heterocycles. The SMILES string of the molecule is CCn1cc(Cn2ncn(C)c2=O)cn1. The van der Waals surface area contributed by atoms with E-state index in [1.54, 1.807) is 13.2 Å². The fourth-order valence-corrected chi connectivity index (χ4v) is 1.36. The van der Waals surface area contributed by atoms with Crippen LogP contribution in [0.2, 0.25) is 0 Å². The van der Waals surface area contributed by atoms with Crippen LogP contribution in [0.15, 0.2) is 23.5 Å². The second kappa shape index (κ2) is 3.72. The minimum absolute atomic E-state index is 0.112. The van der Waals surface area contributed by atoms with Gasteiger partial charge in [0.2, 0.25) is 0 Å². The number of nitrogens with zero attached hydrogens (tertiary/aromatic N) is 5. The number of aromatic nitrogens is 5. The molecule has 0 aliphatic rings. The molecule has 0 aromatic carbocycles. The van der Waals surface area contributed by atoms with E-state index >= 15 is 0 Å². The summed E-state index contributed by atoms with van der Waals surface area (Å²) >= 11 is 0. The molecule has 2 rings (SSSR count). The minimum Gasteiger partial charge on any atom is -0.285 e. The lowest BCUT2D eigenvalue weighted by Crippen LogP contribution is -2.23. The van der Waals surface area contributed by atoms with Crippen molar-refractivity contribution in [2.24, 2.45) is 7.05 Å². The van der Waals surface area contributed by atoms with Crippen LogP contribution in [0, 0.1) is 0 Å². The highest BCUT2D eigenvalue weighted by atomic mass is 16.2. The molecule has 0 unspecified atom stereocenters. The maximum Gasteiger partial charge on any atom is 0.345 e. The molecule has 15 heavy (non-hydrogen) atoms. The summed E-state index contributed by atoms with van der Waals surface area (Å²) in [6.07, 6.45) is 5.18. The molecule has 0 aliphatic carbocycles. The molecule has 0 radical (unpaired) electrons. The zero-order valence-corrected chi connectivity index (χ0v) is 8.79. The van der Waals surface area contributed by atoms with Gasteiger partial charge in [0.1, 0.15) is 6.33 Å². The van der Waals surface area contributed by atoms with Crippen LogP contribution in [0.5, 0.6) is 0 Å². The summed E-state index contributed by atoms with van der Waals surface area (Å²) in [6, 6.07) is 0. The van der Waals surface area contributed by atoms with E-state index in [0.717, 1.165) is 12.1 Å². The molecular formula is C9H13N5O. The second-order valence-electron chi connectivity index (χ2n) is 3.39. The highest BCUT2D eigenvalue weighted by Crippen LogP contribution is 1.98. The molecule has 0 aliphatic heterocycles. The van der Waals surface area contributed by atoms with Crippen molar-refractivity contribution in [1.29, 1.82) is 0 Å². The Hall–Kier alpha value is -1.85. The van der Waals surface area contributed by atoms with E-state index in [0.29, 0.717) is 6.54 Å². The van der Waals surface area contributed by atoms with Crippen LogP contribution in [0.1, 0.15) is 12.5 Å². The van der Waals surface area contributed by atoms with Gasteiger partial charge >= 0.3 is 5.69 Å². The third-order valence-corrected chi connectivity index (χ3v) is 2.23. The molecule has 2 aromatic heterocycles. The Kier molecular flexibility index (Phi) is 2.40. The van der Waals surface area contributed by atoms with Crippen molar-refractivity contribution in [3.05, 3.63) is 34.8 Å². The van der Waals surface area contributed by atoms with E-state index in [-0.39, 0.29) is 5.69 Å². The first-order valence-corrected chi connectivity index (χ1v) is 4.80. The zero-order chi connectivity index (χ0) is 10.8. The van der Waals surface area contributed by atoms with Gasteiger partial charge < -0.3 is 0 Å². The first-order chi connectivity index (χ1) is 7.20. The van der Waals surface area contributed by atoms with Gasteiger partial charge in [-0.15, -0.1) is 0 Å². The topological polar surface area (TPSA) is 57.6 Å². The lowest BCUT2D eigenvalue weighted by Gasteiger charge is -1.95. The smallest absolute Gasteiger partial charge is 0.285 e. The van der Waals surface area contributed by atoms with Crippen molar-refractivity contribution < 1.29 is 0 Å². The van der Waals surface area contributed by atoms with Crippen LogP contribution in [0.3, 0.4) is 0 Å². The van der Waals surface area contributed by atoms with Crippen LogP contribution < -0.4 is 5.69 Å². The normalized spacial score (nSPS) is 10.8. The largest absolute Gasteiger partial charge is 0.345 e. The zero-order valence-electron chi connectivity index (χ0n) is 8.79. The number of hydrogen-bond donors (Lipinski definition) is 0. The Morgan fingerprint density at radius 2 is 2.20 bits per heavy atom. The van der Waals surface area contributed by atoms with Crippen LogP contribution in [-0.2, 0) is 20.1 Å². The third-order valence-electron chi connectivity index (χ3n) is 2.23. The Balaban J connectivity index is 2.22. The first kappa shape index (κ1) is 9.70. The maximum absolute atomic E-state index is 11.5. The van der Waals surface area contributed by atoms with Gasteiger partial charge in [-0.05, 0) is 6.92 Å². The summed E-state index contributed by atoms with van der Waals surface area (Å²) in [5.74, 6) is 0. The fraction of sp³-hybridized carbons (Fsp3) is 0.444. The van der Waals surface area contributed by atoms with Crippen molar-refractivity contribution in [3.8, 4) is 0 Å². The molecule has 0 spiro atoms. The number of aryl methyl sites for hydroxylation is 2. The summed E-state index contributed by atoms with van der Waals surface area (Å²) in [6.45, 7) is 3.32. The molecule has 0 N–H and O–H groups in total. The van der Waals surface area contributed by atoms with Gasteiger partial charge in [0.15, 0.2) is 0 Å². The van der Waals surface area contributed by atoms with Crippen LogP contribution in [0.25, 0.3) is 0 Å². The predicted octanol–water partition coefficient (Wildman–Crippen LogP) is -0.153. The van der Waals surface area contributed by atoms with E-state index in [1.165, 1.54) is 15.6 Å². The molecular weight excluding hydrogens is 194 g/mol. The van der Waals surface area contributed by atoms with Gasteiger partial charge in [0.05, 0.1) is 12.7 Å². The van der Waals surface area contributed by atoms with Gasteiger partial charge in [-0.25, -0.2) is 9.48 Å². The third kappa shape index (κ3) is 1.83. The number of hydrogen-bond acceptors (Lipinski definition) is 3. The van der Waals surface area contributed by atoms with E-state index in [9.17, 15) is 4.79 Å². The Morgan fingerprint density at radius 1 is 1.40 bits per heavy atom. The van der Waals surface area contributed by atoms with Crippen LogP contribution in [0.4, 0.5) is 0 Å². The lowest BCUT2D eigenvalue weighted by atomic mass is 10.4. The average molecular weight is 207 g/mol. The monoisotopic (exact) mass is 207 g/mol. The highest BCUT2D eigenvalue weighted by molar-refractivity contribution is 5.03. The van der Waals surface area contributed by atoms with E-state index in [2.05, 4.69) is 10.2 Å². The van der Waals surface area contributed by atoms with Crippen molar-refractivity contribution in [2.75, 3.05) is 0 Å². The van der Waals surface area contributed by atoms with Gasteiger partial charge in [-0.2, -0.15) is 10.2 Å². The van der Waals surface area contributed by atoms with Crippen LogP contribution in [-0.4, -0.2) is 24.1 Å².